The number of aromatic hydroxyl groups is 1. The molecule has 0 heterocycles. The maximum absolute atomic E-state index is 12.9. The maximum Gasteiger partial charge on any atom is 0.307 e. The van der Waals surface area contributed by atoms with Crippen molar-refractivity contribution in [1.29, 1.82) is 0 Å². The summed E-state index contributed by atoms with van der Waals surface area (Å²) < 4.78 is 18.2. The van der Waals surface area contributed by atoms with Gasteiger partial charge in [0.1, 0.15) is 5.75 Å². The van der Waals surface area contributed by atoms with Gasteiger partial charge in [0.2, 0.25) is 0 Å². The van der Waals surface area contributed by atoms with E-state index >= 15 is 0 Å². The van der Waals surface area contributed by atoms with Crippen molar-refractivity contribution >= 4 is 18.7 Å². The highest BCUT2D eigenvalue weighted by Gasteiger charge is 2.25. The Morgan fingerprint density at radius 3 is 2.50 bits per heavy atom. The first-order chi connectivity index (χ1) is 10.7. The molecule has 0 radical (unpaired) electrons. The van der Waals surface area contributed by atoms with Gasteiger partial charge in [-0.1, -0.05) is 48.4 Å². The molecule has 0 aliphatic carbocycles. The summed E-state index contributed by atoms with van der Waals surface area (Å²) >= 11 is 0. The van der Waals surface area contributed by atoms with Gasteiger partial charge in [-0.05, 0) is 42.4 Å². The summed E-state index contributed by atoms with van der Waals surface area (Å²) in [6.45, 7) is 2.00. The molecule has 2 aromatic carbocycles. The second-order valence-corrected chi connectivity index (χ2v) is 6.52. The van der Waals surface area contributed by atoms with Gasteiger partial charge >= 0.3 is 7.37 Å². The van der Waals surface area contributed by atoms with E-state index in [0.29, 0.717) is 0 Å². The molecule has 0 aliphatic heterocycles. The van der Waals surface area contributed by atoms with E-state index in [1.165, 1.54) is 6.07 Å². The van der Waals surface area contributed by atoms with Gasteiger partial charge in [-0.15, -0.1) is 0 Å². The normalized spacial score (nSPS) is 13.3. The van der Waals surface area contributed by atoms with Crippen molar-refractivity contribution in [1.82, 2.24) is 0 Å². The molecule has 3 nitrogen and oxygen atoms in total. The summed E-state index contributed by atoms with van der Waals surface area (Å²) in [6.07, 6.45) is 3.45. The number of benzene rings is 2. The lowest BCUT2D eigenvalue weighted by Gasteiger charge is -2.12. The fraction of sp³-hybridized carbons (Fsp3) is 0.111. The van der Waals surface area contributed by atoms with Crippen molar-refractivity contribution in [2.24, 2.45) is 0 Å². The third kappa shape index (κ3) is 4.11. The molecule has 0 saturated carbocycles. The summed E-state index contributed by atoms with van der Waals surface area (Å²) in [7, 11) is -3.39. The highest BCUT2D eigenvalue weighted by Crippen LogP contribution is 2.46. The molecular formula is C18H17O3P. The molecule has 2 aromatic rings. The number of rotatable bonds is 4. The van der Waals surface area contributed by atoms with Crippen LogP contribution in [0.25, 0.3) is 6.08 Å². The zero-order valence-corrected chi connectivity index (χ0v) is 13.2. The fourth-order valence-electron chi connectivity index (χ4n) is 1.88. The van der Waals surface area contributed by atoms with Gasteiger partial charge in [0.15, 0.2) is 0 Å². The Balaban J connectivity index is 2.27. The quantitative estimate of drug-likeness (QED) is 0.685. The Morgan fingerprint density at radius 2 is 1.82 bits per heavy atom. The average molecular weight is 312 g/mol. The molecule has 1 unspecified atom stereocenters. The van der Waals surface area contributed by atoms with Gasteiger partial charge < -0.3 is 9.63 Å². The lowest BCUT2D eigenvalue weighted by atomic mass is 10.2. The van der Waals surface area contributed by atoms with Crippen LogP contribution in [0.15, 0.2) is 60.7 Å². The molecule has 0 aliphatic rings. The van der Waals surface area contributed by atoms with Gasteiger partial charge in [-0.25, -0.2) is 0 Å². The van der Waals surface area contributed by atoms with Crippen molar-refractivity contribution in [2.45, 2.75) is 6.92 Å². The Morgan fingerprint density at radius 1 is 1.14 bits per heavy atom. The van der Waals surface area contributed by atoms with Crippen LogP contribution in [0.3, 0.4) is 0 Å². The summed E-state index contributed by atoms with van der Waals surface area (Å²) in [6, 6.07) is 16.1. The van der Waals surface area contributed by atoms with Gasteiger partial charge in [-0.2, -0.15) is 0 Å². The van der Waals surface area contributed by atoms with Crippen LogP contribution >= 0.6 is 7.37 Å². The van der Waals surface area contributed by atoms with E-state index in [1.807, 2.05) is 36.4 Å². The topological polar surface area (TPSA) is 46.5 Å². The minimum absolute atomic E-state index is 0.0689. The van der Waals surface area contributed by atoms with Crippen LogP contribution in [-0.4, -0.2) is 11.7 Å². The SMILES string of the molecule is CCOP(=O)(C#C/C=C/c1ccccc1)c1ccccc1O. The van der Waals surface area contributed by atoms with Gasteiger partial charge in [0.25, 0.3) is 0 Å². The van der Waals surface area contributed by atoms with Gasteiger partial charge in [0.05, 0.1) is 11.9 Å². The van der Waals surface area contributed by atoms with Gasteiger partial charge in [0, 0.05) is 0 Å². The molecule has 2 rings (SSSR count). The summed E-state index contributed by atoms with van der Waals surface area (Å²) in [5, 5.41) is 10.1. The lowest BCUT2D eigenvalue weighted by molar-refractivity contribution is 0.347. The number of phenolic OH excluding ortho intramolecular Hbond substituents is 1. The number of allylic oxidation sites excluding steroid dienone is 1. The number of hydrogen-bond donors (Lipinski definition) is 1. The van der Waals surface area contributed by atoms with Gasteiger partial charge in [-0.3, -0.25) is 4.57 Å². The number of para-hydroxylation sites is 1. The third-order valence-corrected chi connectivity index (χ3v) is 4.94. The van der Waals surface area contributed by atoms with Crippen LogP contribution in [0.5, 0.6) is 5.75 Å². The van der Waals surface area contributed by atoms with Crippen molar-refractivity contribution in [3.63, 3.8) is 0 Å². The Bertz CT molecular complexity index is 755. The molecule has 0 amide bonds. The number of phenols is 1. The minimum atomic E-state index is -3.39. The number of hydrogen-bond acceptors (Lipinski definition) is 3. The van der Waals surface area contributed by atoms with E-state index in [9.17, 15) is 9.67 Å². The second-order valence-electron chi connectivity index (χ2n) is 4.46. The van der Waals surface area contributed by atoms with E-state index in [2.05, 4.69) is 11.6 Å². The van der Waals surface area contributed by atoms with E-state index < -0.39 is 7.37 Å². The standard InChI is InChI=1S/C18H17O3P/c1-2-21-22(20,18-14-7-6-13-17(18)19)15-9-8-12-16-10-4-3-5-11-16/h3-8,10-14,19H,2H2,1H3/b12-8+. The van der Waals surface area contributed by atoms with Crippen molar-refractivity contribution in [2.75, 3.05) is 6.61 Å². The van der Waals surface area contributed by atoms with E-state index in [-0.39, 0.29) is 17.7 Å². The monoisotopic (exact) mass is 312 g/mol. The Kier molecular flexibility index (Phi) is 5.61. The van der Waals surface area contributed by atoms with Crippen LogP contribution in [0.4, 0.5) is 0 Å². The van der Waals surface area contributed by atoms with E-state index in [4.69, 9.17) is 4.52 Å². The minimum Gasteiger partial charge on any atom is -0.507 e. The largest absolute Gasteiger partial charge is 0.507 e. The average Bonchev–Trinajstić information content (AvgIpc) is 2.53. The highest BCUT2D eigenvalue weighted by atomic mass is 31.2. The van der Waals surface area contributed by atoms with Crippen LogP contribution in [0, 0.1) is 11.6 Å². The molecule has 0 aromatic heterocycles. The first kappa shape index (κ1) is 16.1. The summed E-state index contributed by atoms with van der Waals surface area (Å²) in [5.74, 6) is 2.69. The maximum atomic E-state index is 12.9. The van der Waals surface area contributed by atoms with Crippen molar-refractivity contribution < 1.29 is 14.2 Å². The molecule has 0 spiro atoms. The molecule has 0 bridgehead atoms. The zero-order chi connectivity index (χ0) is 15.8. The molecule has 4 heteroatoms. The van der Waals surface area contributed by atoms with Crippen LogP contribution in [0.2, 0.25) is 0 Å². The van der Waals surface area contributed by atoms with E-state index in [0.717, 1.165) is 5.56 Å². The van der Waals surface area contributed by atoms with Crippen LogP contribution in [-0.2, 0) is 9.09 Å². The van der Waals surface area contributed by atoms with Crippen molar-refractivity contribution in [3.05, 3.63) is 66.2 Å². The molecule has 0 fully saturated rings. The lowest BCUT2D eigenvalue weighted by Crippen LogP contribution is -2.06. The molecule has 22 heavy (non-hydrogen) atoms. The molecule has 0 saturated heterocycles. The van der Waals surface area contributed by atoms with Crippen LogP contribution in [0.1, 0.15) is 12.5 Å². The second kappa shape index (κ2) is 7.66. The first-order valence-corrected chi connectivity index (χ1v) is 8.56. The van der Waals surface area contributed by atoms with Crippen molar-refractivity contribution in [3.8, 4) is 17.3 Å². The molecule has 112 valence electrons. The summed E-state index contributed by atoms with van der Waals surface area (Å²) in [4.78, 5) is 0. The predicted octanol–water partition coefficient (Wildman–Crippen LogP) is 4.01. The third-order valence-electron chi connectivity index (χ3n) is 2.88. The summed E-state index contributed by atoms with van der Waals surface area (Å²) in [5.41, 5.74) is 3.67. The molecule has 1 N–H and O–H groups in total. The smallest absolute Gasteiger partial charge is 0.307 e. The molecule has 1 atom stereocenters. The van der Waals surface area contributed by atoms with E-state index in [1.54, 1.807) is 31.2 Å². The zero-order valence-electron chi connectivity index (χ0n) is 12.3. The Hall–Kier alpha value is -2.27. The molecular weight excluding hydrogens is 295 g/mol. The fourth-order valence-corrected chi connectivity index (χ4v) is 3.47. The first-order valence-electron chi connectivity index (χ1n) is 6.93. The predicted molar refractivity (Wildman–Crippen MR) is 90.2 cm³/mol. The van der Waals surface area contributed by atoms with Crippen LogP contribution < -0.4 is 5.30 Å². The highest BCUT2D eigenvalue weighted by molar-refractivity contribution is 7.72. The Labute approximate surface area is 130 Å².